The second-order valence-corrected chi connectivity index (χ2v) is 4.36. The lowest BCUT2D eigenvalue weighted by molar-refractivity contribution is 0.0302. The van der Waals surface area contributed by atoms with E-state index in [9.17, 15) is 4.79 Å². The van der Waals surface area contributed by atoms with Gasteiger partial charge in [-0.3, -0.25) is 4.79 Å². The van der Waals surface area contributed by atoms with Crippen LogP contribution in [0.2, 0.25) is 0 Å². The molecule has 4 heteroatoms. The lowest BCUT2D eigenvalue weighted by atomic mass is 9.97. The van der Waals surface area contributed by atoms with Crippen molar-refractivity contribution in [2.45, 2.75) is 19.1 Å². The van der Waals surface area contributed by atoms with Gasteiger partial charge in [0.2, 0.25) is 0 Å². The van der Waals surface area contributed by atoms with Gasteiger partial charge in [-0.2, -0.15) is 0 Å². The van der Waals surface area contributed by atoms with Gasteiger partial charge in [-0.25, -0.2) is 4.98 Å². The molecule has 0 N–H and O–H groups in total. The van der Waals surface area contributed by atoms with E-state index in [2.05, 4.69) is 23.2 Å². The number of fused-ring (bicyclic) bond motifs is 1. The summed E-state index contributed by atoms with van der Waals surface area (Å²) in [6.07, 6.45) is 5.18. The second kappa shape index (κ2) is 4.74. The first-order chi connectivity index (χ1) is 8.88. The molecule has 0 saturated heterocycles. The SMILES string of the molecule is O=Cc1nccn1CC1OCCc2ccccc21. The third kappa shape index (κ3) is 1.95. The molecule has 0 saturated carbocycles. The Kier molecular flexibility index (Phi) is 2.94. The van der Waals surface area contributed by atoms with E-state index < -0.39 is 0 Å². The number of nitrogens with zero attached hydrogens (tertiary/aromatic N) is 2. The third-order valence-corrected chi connectivity index (χ3v) is 3.31. The number of aldehydes is 1. The standard InChI is InChI=1S/C14H14N2O2/c17-10-14-15-6-7-16(14)9-13-12-4-2-1-3-11(12)5-8-18-13/h1-4,6-7,10,13H,5,8-9H2. The Morgan fingerprint density at radius 2 is 2.33 bits per heavy atom. The first-order valence-electron chi connectivity index (χ1n) is 6.04. The van der Waals surface area contributed by atoms with Gasteiger partial charge in [-0.15, -0.1) is 0 Å². The zero-order valence-electron chi connectivity index (χ0n) is 9.95. The molecule has 1 aromatic heterocycles. The zero-order valence-corrected chi connectivity index (χ0v) is 9.95. The van der Waals surface area contributed by atoms with E-state index in [-0.39, 0.29) is 6.10 Å². The highest BCUT2D eigenvalue weighted by Gasteiger charge is 2.21. The van der Waals surface area contributed by atoms with Crippen molar-refractivity contribution in [3.8, 4) is 0 Å². The Hall–Kier alpha value is -1.94. The monoisotopic (exact) mass is 242 g/mol. The fraction of sp³-hybridized carbons (Fsp3) is 0.286. The van der Waals surface area contributed by atoms with Gasteiger partial charge in [0.25, 0.3) is 0 Å². The van der Waals surface area contributed by atoms with Crippen molar-refractivity contribution in [1.82, 2.24) is 9.55 Å². The highest BCUT2D eigenvalue weighted by atomic mass is 16.5. The van der Waals surface area contributed by atoms with Gasteiger partial charge in [0.15, 0.2) is 12.1 Å². The number of aromatic nitrogens is 2. The van der Waals surface area contributed by atoms with Crippen LogP contribution in [0.4, 0.5) is 0 Å². The molecule has 1 aliphatic rings. The van der Waals surface area contributed by atoms with Gasteiger partial charge < -0.3 is 9.30 Å². The largest absolute Gasteiger partial charge is 0.371 e. The summed E-state index contributed by atoms with van der Waals surface area (Å²) in [4.78, 5) is 14.8. The summed E-state index contributed by atoms with van der Waals surface area (Å²) in [5.41, 5.74) is 2.55. The normalized spacial score (nSPS) is 18.3. The number of hydrogen-bond acceptors (Lipinski definition) is 3. The van der Waals surface area contributed by atoms with Crippen molar-refractivity contribution < 1.29 is 9.53 Å². The Morgan fingerprint density at radius 1 is 1.44 bits per heavy atom. The molecule has 0 radical (unpaired) electrons. The van der Waals surface area contributed by atoms with Crippen molar-refractivity contribution in [2.75, 3.05) is 6.61 Å². The minimum atomic E-state index is 0.00264. The van der Waals surface area contributed by atoms with Crippen LogP contribution in [-0.4, -0.2) is 22.4 Å². The molecular formula is C14H14N2O2. The first kappa shape index (κ1) is 11.2. The fourth-order valence-corrected chi connectivity index (χ4v) is 2.40. The summed E-state index contributed by atoms with van der Waals surface area (Å²) >= 11 is 0. The van der Waals surface area contributed by atoms with Gasteiger partial charge in [-0.05, 0) is 17.5 Å². The number of imidazole rings is 1. The number of hydrogen-bond donors (Lipinski definition) is 0. The average molecular weight is 242 g/mol. The summed E-state index contributed by atoms with van der Waals surface area (Å²) < 4.78 is 7.65. The van der Waals surface area contributed by atoms with E-state index in [1.54, 1.807) is 6.20 Å². The summed E-state index contributed by atoms with van der Waals surface area (Å²) in [5, 5.41) is 0. The van der Waals surface area contributed by atoms with Crippen molar-refractivity contribution >= 4 is 6.29 Å². The van der Waals surface area contributed by atoms with E-state index in [0.717, 1.165) is 19.3 Å². The van der Waals surface area contributed by atoms with Crippen LogP contribution in [0.3, 0.4) is 0 Å². The van der Waals surface area contributed by atoms with Gasteiger partial charge in [0.1, 0.15) is 6.10 Å². The lowest BCUT2D eigenvalue weighted by Gasteiger charge is -2.26. The van der Waals surface area contributed by atoms with E-state index in [0.29, 0.717) is 12.4 Å². The highest BCUT2D eigenvalue weighted by molar-refractivity contribution is 5.69. The van der Waals surface area contributed by atoms with E-state index in [1.807, 2.05) is 16.8 Å². The molecule has 0 spiro atoms. The number of benzene rings is 1. The maximum absolute atomic E-state index is 10.9. The molecule has 1 unspecified atom stereocenters. The van der Waals surface area contributed by atoms with E-state index in [4.69, 9.17) is 4.74 Å². The van der Waals surface area contributed by atoms with E-state index >= 15 is 0 Å². The molecule has 2 aromatic rings. The highest BCUT2D eigenvalue weighted by Crippen LogP contribution is 2.28. The van der Waals surface area contributed by atoms with Gasteiger partial charge in [0, 0.05) is 12.4 Å². The average Bonchev–Trinajstić information content (AvgIpc) is 2.86. The van der Waals surface area contributed by atoms with Crippen LogP contribution < -0.4 is 0 Å². The minimum Gasteiger partial charge on any atom is -0.371 e. The van der Waals surface area contributed by atoms with Crippen molar-refractivity contribution in [2.24, 2.45) is 0 Å². The second-order valence-electron chi connectivity index (χ2n) is 4.36. The number of ether oxygens (including phenoxy) is 1. The van der Waals surface area contributed by atoms with Crippen LogP contribution in [0.25, 0.3) is 0 Å². The fourth-order valence-electron chi connectivity index (χ4n) is 2.40. The Bertz CT molecular complexity index is 562. The van der Waals surface area contributed by atoms with Crippen molar-refractivity contribution in [3.63, 3.8) is 0 Å². The van der Waals surface area contributed by atoms with E-state index in [1.165, 1.54) is 11.1 Å². The van der Waals surface area contributed by atoms with Gasteiger partial charge in [-0.1, -0.05) is 24.3 Å². The molecule has 0 aliphatic carbocycles. The quantitative estimate of drug-likeness (QED) is 0.773. The molecule has 0 bridgehead atoms. The summed E-state index contributed by atoms with van der Waals surface area (Å²) in [6, 6.07) is 8.31. The zero-order chi connectivity index (χ0) is 12.4. The minimum absolute atomic E-state index is 0.00264. The molecule has 1 atom stereocenters. The van der Waals surface area contributed by atoms with Crippen LogP contribution in [0.1, 0.15) is 27.8 Å². The summed E-state index contributed by atoms with van der Waals surface area (Å²) in [6.45, 7) is 1.36. The molecule has 0 amide bonds. The van der Waals surface area contributed by atoms with Crippen LogP contribution in [0, 0.1) is 0 Å². The van der Waals surface area contributed by atoms with Crippen LogP contribution in [0.15, 0.2) is 36.7 Å². The number of rotatable bonds is 3. The molecule has 0 fully saturated rings. The molecule has 1 aromatic carbocycles. The molecule has 4 nitrogen and oxygen atoms in total. The summed E-state index contributed by atoms with van der Waals surface area (Å²) in [5.74, 6) is 0.446. The van der Waals surface area contributed by atoms with Crippen molar-refractivity contribution in [3.05, 3.63) is 53.6 Å². The van der Waals surface area contributed by atoms with Crippen LogP contribution in [0.5, 0.6) is 0 Å². The topological polar surface area (TPSA) is 44.1 Å². The Balaban J connectivity index is 1.88. The van der Waals surface area contributed by atoms with Crippen LogP contribution in [-0.2, 0) is 17.7 Å². The number of carbonyl (C=O) groups excluding carboxylic acids is 1. The Labute approximate surface area is 105 Å². The van der Waals surface area contributed by atoms with Crippen molar-refractivity contribution in [1.29, 1.82) is 0 Å². The summed E-state index contributed by atoms with van der Waals surface area (Å²) in [7, 11) is 0. The number of carbonyl (C=O) groups is 1. The maximum atomic E-state index is 10.9. The van der Waals surface area contributed by atoms with Crippen LogP contribution >= 0.6 is 0 Å². The maximum Gasteiger partial charge on any atom is 0.185 e. The predicted octanol–water partition coefficient (Wildman–Crippen LogP) is 2.01. The molecule has 3 rings (SSSR count). The third-order valence-electron chi connectivity index (χ3n) is 3.31. The first-order valence-corrected chi connectivity index (χ1v) is 6.04. The molecule has 2 heterocycles. The van der Waals surface area contributed by atoms with Gasteiger partial charge >= 0.3 is 0 Å². The Morgan fingerprint density at radius 3 is 3.22 bits per heavy atom. The lowest BCUT2D eigenvalue weighted by Crippen LogP contribution is -2.21. The smallest absolute Gasteiger partial charge is 0.185 e. The molecule has 18 heavy (non-hydrogen) atoms. The predicted molar refractivity (Wildman–Crippen MR) is 66.5 cm³/mol. The molecule has 92 valence electrons. The molecule has 1 aliphatic heterocycles. The molecular weight excluding hydrogens is 228 g/mol. The van der Waals surface area contributed by atoms with Gasteiger partial charge in [0.05, 0.1) is 13.2 Å².